The number of hydrogen-bond acceptors (Lipinski definition) is 6. The molecule has 0 aromatic carbocycles. The summed E-state index contributed by atoms with van der Waals surface area (Å²) < 4.78 is 0. The normalized spacial score (nSPS) is 19.0. The van der Waals surface area contributed by atoms with Crippen molar-refractivity contribution >= 4 is 64.4 Å². The zero-order chi connectivity index (χ0) is 16.9. The van der Waals surface area contributed by atoms with Gasteiger partial charge in [-0.3, -0.25) is 14.9 Å². The van der Waals surface area contributed by atoms with E-state index in [4.69, 9.17) is 5.73 Å². The van der Waals surface area contributed by atoms with Crippen molar-refractivity contribution in [3.8, 4) is 0 Å². The maximum absolute atomic E-state index is 12.1. The Bertz CT molecular complexity index is 701. The lowest BCUT2D eigenvalue weighted by atomic mass is 9.92. The molecule has 6 nitrogen and oxygen atoms in total. The molecule has 1 fully saturated rings. The second-order valence-electron chi connectivity index (χ2n) is 5.93. The highest BCUT2D eigenvalue weighted by atomic mass is 35.5. The van der Waals surface area contributed by atoms with Gasteiger partial charge in [0, 0.05) is 17.5 Å². The number of aromatic nitrogens is 1. The Kier molecular flexibility index (Phi) is 9.52. The number of amides is 2. The number of halogens is 2. The molecule has 0 spiro atoms. The van der Waals surface area contributed by atoms with Crippen LogP contribution in [0.5, 0.6) is 0 Å². The van der Waals surface area contributed by atoms with Gasteiger partial charge in [-0.05, 0) is 37.1 Å². The molecule has 4 N–H and O–H groups in total. The largest absolute Gasteiger partial charge is 0.353 e. The van der Waals surface area contributed by atoms with Crippen LogP contribution in [0.25, 0.3) is 0 Å². The maximum atomic E-state index is 12.1. The van der Waals surface area contributed by atoms with Gasteiger partial charge in [0.1, 0.15) is 0 Å². The lowest BCUT2D eigenvalue weighted by molar-refractivity contribution is -0.121. The highest BCUT2D eigenvalue weighted by Gasteiger charge is 2.20. The molecule has 0 atom stereocenters. The fourth-order valence-electron chi connectivity index (χ4n) is 2.72. The van der Waals surface area contributed by atoms with E-state index in [1.165, 1.54) is 22.7 Å². The van der Waals surface area contributed by atoms with Gasteiger partial charge in [-0.25, -0.2) is 4.98 Å². The van der Waals surface area contributed by atoms with Gasteiger partial charge >= 0.3 is 0 Å². The van der Waals surface area contributed by atoms with Crippen molar-refractivity contribution in [3.05, 3.63) is 33.5 Å². The molecule has 0 saturated heterocycles. The standard InChI is InChI=1S/C16H20N4O2S2.2ClH/c17-10-3-5-11(6-4-10)18-14(21)8-12-9-24-16(19-12)20-15(22)13-2-1-7-23-13;;/h1-2,7,9-11H,3-6,8,17H2,(H,18,21)(H,19,20,22);2*1H. The summed E-state index contributed by atoms with van der Waals surface area (Å²) in [6.45, 7) is 0. The lowest BCUT2D eigenvalue weighted by Gasteiger charge is -2.26. The van der Waals surface area contributed by atoms with E-state index in [0.29, 0.717) is 15.7 Å². The topological polar surface area (TPSA) is 97.1 Å². The Labute approximate surface area is 172 Å². The third-order valence-corrected chi connectivity index (χ3v) is 5.67. The third kappa shape index (κ3) is 6.51. The van der Waals surface area contributed by atoms with E-state index in [2.05, 4.69) is 15.6 Å². The van der Waals surface area contributed by atoms with E-state index in [-0.39, 0.29) is 55.1 Å². The first-order chi connectivity index (χ1) is 11.6. The fraction of sp³-hybridized carbons (Fsp3) is 0.438. The van der Waals surface area contributed by atoms with Crippen molar-refractivity contribution in [2.45, 2.75) is 44.2 Å². The van der Waals surface area contributed by atoms with Crippen molar-refractivity contribution in [3.63, 3.8) is 0 Å². The van der Waals surface area contributed by atoms with Gasteiger partial charge in [0.05, 0.1) is 17.0 Å². The van der Waals surface area contributed by atoms with Crippen LogP contribution in [-0.2, 0) is 11.2 Å². The molecule has 144 valence electrons. The first-order valence-corrected chi connectivity index (χ1v) is 9.70. The van der Waals surface area contributed by atoms with E-state index in [9.17, 15) is 9.59 Å². The number of hydrogen-bond donors (Lipinski definition) is 3. The number of nitrogens with two attached hydrogens (primary N) is 1. The molecular weight excluding hydrogens is 415 g/mol. The van der Waals surface area contributed by atoms with Crippen LogP contribution in [0.1, 0.15) is 41.0 Å². The van der Waals surface area contributed by atoms with E-state index in [0.717, 1.165) is 25.7 Å². The number of thiophene rings is 1. The monoisotopic (exact) mass is 436 g/mol. The molecule has 10 heteroatoms. The van der Waals surface area contributed by atoms with Gasteiger partial charge in [0.15, 0.2) is 5.13 Å². The van der Waals surface area contributed by atoms with Crippen LogP contribution in [0.4, 0.5) is 5.13 Å². The van der Waals surface area contributed by atoms with Crippen LogP contribution in [0.2, 0.25) is 0 Å². The van der Waals surface area contributed by atoms with Crippen LogP contribution in [0.3, 0.4) is 0 Å². The molecular formula is C16H22Cl2N4O2S2. The Morgan fingerprint density at radius 2 is 1.92 bits per heavy atom. The number of nitrogens with zero attached hydrogens (tertiary/aromatic N) is 1. The predicted molar refractivity (Wildman–Crippen MR) is 111 cm³/mol. The van der Waals surface area contributed by atoms with Crippen molar-refractivity contribution in [2.75, 3.05) is 5.32 Å². The summed E-state index contributed by atoms with van der Waals surface area (Å²) in [7, 11) is 0. The minimum Gasteiger partial charge on any atom is -0.353 e. The third-order valence-electron chi connectivity index (χ3n) is 4.00. The minimum absolute atomic E-state index is 0. The lowest BCUT2D eigenvalue weighted by Crippen LogP contribution is -2.41. The molecule has 0 aliphatic heterocycles. The summed E-state index contributed by atoms with van der Waals surface area (Å²) in [5.41, 5.74) is 6.55. The van der Waals surface area contributed by atoms with Crippen molar-refractivity contribution in [1.29, 1.82) is 0 Å². The van der Waals surface area contributed by atoms with Crippen molar-refractivity contribution < 1.29 is 9.59 Å². The number of carbonyl (C=O) groups excluding carboxylic acids is 2. The summed E-state index contributed by atoms with van der Waals surface area (Å²) in [4.78, 5) is 29.0. The minimum atomic E-state index is -0.172. The summed E-state index contributed by atoms with van der Waals surface area (Å²) in [6, 6.07) is 4.08. The summed E-state index contributed by atoms with van der Waals surface area (Å²) in [5.74, 6) is -0.203. The molecule has 0 bridgehead atoms. The fourth-order valence-corrected chi connectivity index (χ4v) is 4.04. The van der Waals surface area contributed by atoms with Crippen LogP contribution in [0, 0.1) is 0 Å². The number of nitrogens with one attached hydrogen (secondary N) is 2. The second kappa shape index (κ2) is 10.8. The molecule has 2 heterocycles. The van der Waals surface area contributed by atoms with Crippen LogP contribution in [-0.4, -0.2) is 28.9 Å². The average Bonchev–Trinajstić information content (AvgIpc) is 3.21. The number of carbonyl (C=O) groups is 2. The first-order valence-electron chi connectivity index (χ1n) is 7.94. The molecule has 3 rings (SSSR count). The smallest absolute Gasteiger partial charge is 0.267 e. The second-order valence-corrected chi connectivity index (χ2v) is 7.74. The summed E-state index contributed by atoms with van der Waals surface area (Å²) >= 11 is 2.71. The van der Waals surface area contributed by atoms with Gasteiger partial charge in [-0.2, -0.15) is 0 Å². The predicted octanol–water partition coefficient (Wildman–Crippen LogP) is 3.23. The molecule has 0 unspecified atom stereocenters. The summed E-state index contributed by atoms with van der Waals surface area (Å²) in [6.07, 6.45) is 4.02. The van der Waals surface area contributed by atoms with Gasteiger partial charge < -0.3 is 11.1 Å². The van der Waals surface area contributed by atoms with E-state index < -0.39 is 0 Å². The molecule has 26 heavy (non-hydrogen) atoms. The maximum Gasteiger partial charge on any atom is 0.267 e. The highest BCUT2D eigenvalue weighted by Crippen LogP contribution is 2.19. The first kappa shape index (κ1) is 22.9. The molecule has 0 radical (unpaired) electrons. The number of anilines is 1. The van der Waals surface area contributed by atoms with Gasteiger partial charge in [0.25, 0.3) is 5.91 Å². The molecule has 2 amide bonds. The molecule has 1 aliphatic rings. The Balaban J connectivity index is 0.00000169. The Morgan fingerprint density at radius 3 is 2.58 bits per heavy atom. The summed E-state index contributed by atoms with van der Waals surface area (Å²) in [5, 5.41) is 9.97. The zero-order valence-corrected chi connectivity index (χ0v) is 17.2. The van der Waals surface area contributed by atoms with Gasteiger partial charge in [0.2, 0.25) is 5.91 Å². The average molecular weight is 437 g/mol. The Morgan fingerprint density at radius 1 is 1.19 bits per heavy atom. The van der Waals surface area contributed by atoms with Crippen LogP contribution >= 0.6 is 47.5 Å². The molecule has 2 aromatic rings. The van der Waals surface area contributed by atoms with Crippen molar-refractivity contribution in [2.24, 2.45) is 5.73 Å². The van der Waals surface area contributed by atoms with E-state index >= 15 is 0 Å². The Hall–Kier alpha value is -1.19. The van der Waals surface area contributed by atoms with Crippen LogP contribution < -0.4 is 16.4 Å². The zero-order valence-electron chi connectivity index (χ0n) is 14.0. The SMILES string of the molecule is Cl.Cl.NC1CCC(NC(=O)Cc2csc(NC(=O)c3cccs3)n2)CC1. The van der Waals surface area contributed by atoms with Crippen molar-refractivity contribution in [1.82, 2.24) is 10.3 Å². The van der Waals surface area contributed by atoms with E-state index in [1.807, 2.05) is 11.4 Å². The van der Waals surface area contributed by atoms with Gasteiger partial charge in [-0.15, -0.1) is 47.5 Å². The van der Waals surface area contributed by atoms with Gasteiger partial charge in [-0.1, -0.05) is 6.07 Å². The molecule has 1 aliphatic carbocycles. The quantitative estimate of drug-likeness (QED) is 0.669. The van der Waals surface area contributed by atoms with Crippen LogP contribution in [0.15, 0.2) is 22.9 Å². The number of thiazole rings is 1. The molecule has 1 saturated carbocycles. The number of rotatable bonds is 5. The van der Waals surface area contributed by atoms with E-state index in [1.54, 1.807) is 11.4 Å². The highest BCUT2D eigenvalue weighted by molar-refractivity contribution is 7.14. The molecule has 2 aromatic heterocycles.